The standard InChI is InChI=1S/C26H30N4OS2/c1-6-30-23(15-31-21-13-11-19(12-14-21)26(3,4)5)28-29-25(30)33-17-20-16-32-24(27-20)22-10-8-7-9-18(22)2/h7-14,16H,6,15,17H2,1-5H3. The topological polar surface area (TPSA) is 52.8 Å². The molecule has 0 radical (unpaired) electrons. The van der Waals surface area contributed by atoms with E-state index in [0.717, 1.165) is 39.7 Å². The van der Waals surface area contributed by atoms with Crippen LogP contribution in [0.2, 0.25) is 0 Å². The van der Waals surface area contributed by atoms with E-state index in [0.29, 0.717) is 6.61 Å². The molecule has 172 valence electrons. The average molecular weight is 479 g/mol. The summed E-state index contributed by atoms with van der Waals surface area (Å²) in [7, 11) is 0. The van der Waals surface area contributed by atoms with Crippen molar-refractivity contribution >= 4 is 23.1 Å². The molecule has 0 N–H and O–H groups in total. The molecule has 4 rings (SSSR count). The summed E-state index contributed by atoms with van der Waals surface area (Å²) in [6, 6.07) is 16.7. The third-order valence-electron chi connectivity index (χ3n) is 5.47. The Morgan fingerprint density at radius 2 is 1.79 bits per heavy atom. The molecule has 2 aromatic heterocycles. The fourth-order valence-corrected chi connectivity index (χ4v) is 5.43. The molecule has 7 heteroatoms. The van der Waals surface area contributed by atoms with E-state index >= 15 is 0 Å². The van der Waals surface area contributed by atoms with Gasteiger partial charge in [-0.25, -0.2) is 4.98 Å². The predicted molar refractivity (Wildman–Crippen MR) is 137 cm³/mol. The average Bonchev–Trinajstić information content (AvgIpc) is 3.42. The van der Waals surface area contributed by atoms with Crippen LogP contribution in [0.3, 0.4) is 0 Å². The highest BCUT2D eigenvalue weighted by atomic mass is 32.2. The van der Waals surface area contributed by atoms with Crippen molar-refractivity contribution in [2.75, 3.05) is 0 Å². The molecule has 0 spiro atoms. The van der Waals surface area contributed by atoms with E-state index in [1.165, 1.54) is 16.7 Å². The lowest BCUT2D eigenvalue weighted by atomic mass is 9.87. The highest BCUT2D eigenvalue weighted by Crippen LogP contribution is 2.30. The quantitative estimate of drug-likeness (QED) is 0.258. The summed E-state index contributed by atoms with van der Waals surface area (Å²) in [5.74, 6) is 2.43. The first-order valence-electron chi connectivity index (χ1n) is 11.1. The molecule has 0 saturated carbocycles. The minimum atomic E-state index is 0.130. The molecule has 0 atom stereocenters. The van der Waals surface area contributed by atoms with Gasteiger partial charge in [-0.2, -0.15) is 0 Å². The zero-order valence-electron chi connectivity index (χ0n) is 19.8. The lowest BCUT2D eigenvalue weighted by Gasteiger charge is -2.19. The number of nitrogens with zero attached hydrogens (tertiary/aromatic N) is 4. The summed E-state index contributed by atoms with van der Waals surface area (Å²) in [6.45, 7) is 12.0. The number of hydrogen-bond acceptors (Lipinski definition) is 6. The highest BCUT2D eigenvalue weighted by Gasteiger charge is 2.15. The van der Waals surface area contributed by atoms with Crippen LogP contribution in [0.5, 0.6) is 5.75 Å². The van der Waals surface area contributed by atoms with Crippen LogP contribution in [-0.2, 0) is 24.3 Å². The maximum absolute atomic E-state index is 6.00. The Hall–Kier alpha value is -2.64. The number of benzene rings is 2. The van der Waals surface area contributed by atoms with Gasteiger partial charge < -0.3 is 9.30 Å². The van der Waals surface area contributed by atoms with Gasteiger partial charge in [0.1, 0.15) is 17.4 Å². The molecule has 2 heterocycles. The van der Waals surface area contributed by atoms with Crippen molar-refractivity contribution in [3.8, 4) is 16.3 Å². The zero-order valence-corrected chi connectivity index (χ0v) is 21.5. The van der Waals surface area contributed by atoms with E-state index in [4.69, 9.17) is 9.72 Å². The van der Waals surface area contributed by atoms with Gasteiger partial charge in [0.15, 0.2) is 11.0 Å². The van der Waals surface area contributed by atoms with E-state index < -0.39 is 0 Å². The Kier molecular flexibility index (Phi) is 7.20. The molecule has 5 nitrogen and oxygen atoms in total. The second kappa shape index (κ2) is 10.1. The van der Waals surface area contributed by atoms with Crippen molar-refractivity contribution in [1.82, 2.24) is 19.7 Å². The van der Waals surface area contributed by atoms with Crippen LogP contribution in [-0.4, -0.2) is 19.7 Å². The number of rotatable bonds is 8. The van der Waals surface area contributed by atoms with E-state index in [2.05, 4.69) is 91.2 Å². The number of hydrogen-bond donors (Lipinski definition) is 0. The molecule has 0 aliphatic carbocycles. The molecular weight excluding hydrogens is 448 g/mol. The number of thiazole rings is 1. The van der Waals surface area contributed by atoms with E-state index in [-0.39, 0.29) is 5.41 Å². The molecule has 0 fully saturated rings. The first kappa shape index (κ1) is 23.5. The molecule has 33 heavy (non-hydrogen) atoms. The van der Waals surface area contributed by atoms with Crippen molar-refractivity contribution in [1.29, 1.82) is 0 Å². The third kappa shape index (κ3) is 5.65. The molecule has 0 unspecified atom stereocenters. The smallest absolute Gasteiger partial charge is 0.191 e. The molecule has 0 saturated heterocycles. The van der Waals surface area contributed by atoms with Gasteiger partial charge in [-0.3, -0.25) is 0 Å². The largest absolute Gasteiger partial charge is 0.486 e. The van der Waals surface area contributed by atoms with Gasteiger partial charge in [-0.15, -0.1) is 21.5 Å². The minimum Gasteiger partial charge on any atom is -0.486 e. The summed E-state index contributed by atoms with van der Waals surface area (Å²) in [6.07, 6.45) is 0. The Bertz CT molecular complexity index is 1210. The number of aryl methyl sites for hydroxylation is 1. The van der Waals surface area contributed by atoms with Crippen LogP contribution in [0.1, 0.15) is 50.3 Å². The molecule has 4 aromatic rings. The summed E-state index contributed by atoms with van der Waals surface area (Å²) in [5, 5.41) is 12.9. The van der Waals surface area contributed by atoms with Gasteiger partial charge in [0.05, 0.1) is 5.69 Å². The highest BCUT2D eigenvalue weighted by molar-refractivity contribution is 7.98. The van der Waals surface area contributed by atoms with Crippen LogP contribution in [0.25, 0.3) is 10.6 Å². The predicted octanol–water partition coefficient (Wildman–Crippen LogP) is 6.90. The number of aromatic nitrogens is 4. The minimum absolute atomic E-state index is 0.130. The van der Waals surface area contributed by atoms with Gasteiger partial charge in [-0.05, 0) is 42.5 Å². The molecule has 0 amide bonds. The van der Waals surface area contributed by atoms with Gasteiger partial charge in [0, 0.05) is 23.2 Å². The normalized spacial score (nSPS) is 11.7. The van der Waals surface area contributed by atoms with Crippen molar-refractivity contribution in [3.63, 3.8) is 0 Å². The van der Waals surface area contributed by atoms with E-state index in [1.54, 1.807) is 23.1 Å². The van der Waals surface area contributed by atoms with Crippen molar-refractivity contribution in [3.05, 3.63) is 76.6 Å². The van der Waals surface area contributed by atoms with Gasteiger partial charge >= 0.3 is 0 Å². The van der Waals surface area contributed by atoms with E-state index in [9.17, 15) is 0 Å². The lowest BCUT2D eigenvalue weighted by Crippen LogP contribution is -2.11. The number of ether oxygens (including phenoxy) is 1. The molecular formula is C26H30N4OS2. The van der Waals surface area contributed by atoms with Crippen molar-refractivity contribution in [2.24, 2.45) is 0 Å². The second-order valence-electron chi connectivity index (χ2n) is 8.95. The summed E-state index contributed by atoms with van der Waals surface area (Å²) < 4.78 is 8.11. The maximum atomic E-state index is 6.00. The monoisotopic (exact) mass is 478 g/mol. The van der Waals surface area contributed by atoms with Crippen LogP contribution in [0.4, 0.5) is 0 Å². The van der Waals surface area contributed by atoms with E-state index in [1.807, 2.05) is 12.1 Å². The van der Waals surface area contributed by atoms with Gasteiger partial charge in [-0.1, -0.05) is 68.9 Å². The Morgan fingerprint density at radius 3 is 2.48 bits per heavy atom. The Labute approximate surface area is 204 Å². The fourth-order valence-electron chi connectivity index (χ4n) is 3.50. The molecule has 0 aliphatic rings. The molecule has 0 bridgehead atoms. The second-order valence-corrected chi connectivity index (χ2v) is 10.8. The lowest BCUT2D eigenvalue weighted by molar-refractivity contribution is 0.288. The maximum Gasteiger partial charge on any atom is 0.191 e. The Morgan fingerprint density at radius 1 is 1.03 bits per heavy atom. The van der Waals surface area contributed by atoms with Gasteiger partial charge in [0.2, 0.25) is 0 Å². The zero-order chi connectivity index (χ0) is 23.4. The van der Waals surface area contributed by atoms with Crippen molar-refractivity contribution < 1.29 is 4.74 Å². The summed E-state index contributed by atoms with van der Waals surface area (Å²) in [5.41, 5.74) is 4.92. The summed E-state index contributed by atoms with van der Waals surface area (Å²) in [4.78, 5) is 4.83. The Balaban J connectivity index is 1.38. The first-order chi connectivity index (χ1) is 15.8. The molecule has 2 aromatic carbocycles. The number of thioether (sulfide) groups is 1. The fraction of sp³-hybridized carbons (Fsp3) is 0.346. The van der Waals surface area contributed by atoms with Crippen LogP contribution < -0.4 is 4.74 Å². The summed E-state index contributed by atoms with van der Waals surface area (Å²) >= 11 is 3.35. The molecule has 0 aliphatic heterocycles. The van der Waals surface area contributed by atoms with Crippen LogP contribution >= 0.6 is 23.1 Å². The van der Waals surface area contributed by atoms with Crippen LogP contribution in [0.15, 0.2) is 59.1 Å². The first-order valence-corrected chi connectivity index (χ1v) is 13.0. The third-order valence-corrected chi connectivity index (χ3v) is 7.40. The van der Waals surface area contributed by atoms with Crippen LogP contribution in [0, 0.1) is 6.92 Å². The van der Waals surface area contributed by atoms with Crippen molar-refractivity contribution in [2.45, 2.75) is 64.1 Å². The SMILES string of the molecule is CCn1c(COc2ccc(C(C)(C)C)cc2)nnc1SCc1csc(-c2ccccc2C)n1. The van der Waals surface area contributed by atoms with Gasteiger partial charge in [0.25, 0.3) is 0 Å².